The summed E-state index contributed by atoms with van der Waals surface area (Å²) in [6, 6.07) is -0.563. The maximum Gasteiger partial charge on any atom is 0.305 e. The van der Waals surface area contributed by atoms with E-state index in [0.29, 0.717) is 25.9 Å². The molecule has 67 heavy (non-hydrogen) atoms. The summed E-state index contributed by atoms with van der Waals surface area (Å²) in [5.41, 5.74) is 0. The molecule has 0 aromatic heterocycles. The Morgan fingerprint density at radius 3 is 1.19 bits per heavy atom. The van der Waals surface area contributed by atoms with Gasteiger partial charge in [-0.05, 0) is 83.5 Å². The predicted molar refractivity (Wildman–Crippen MR) is 292 cm³/mol. The Hall–Kier alpha value is -1.92. The summed E-state index contributed by atoms with van der Waals surface area (Å²) in [7, 11) is 0. The first-order chi connectivity index (χ1) is 33.0. The first kappa shape index (κ1) is 65.1. The molecule has 1 amide bonds. The van der Waals surface area contributed by atoms with Gasteiger partial charge in [-0.15, -0.1) is 0 Å². The largest absolute Gasteiger partial charge is 0.466 e. The summed E-state index contributed by atoms with van der Waals surface area (Å²) in [6.07, 6.45) is 69.9. The summed E-state index contributed by atoms with van der Waals surface area (Å²) < 4.78 is 5.48. The van der Waals surface area contributed by atoms with Gasteiger partial charge in [-0.25, -0.2) is 0 Å². The molecule has 0 fully saturated rings. The fourth-order valence-corrected chi connectivity index (χ4v) is 9.08. The molecule has 0 saturated carbocycles. The van der Waals surface area contributed by atoms with Crippen LogP contribution in [-0.2, 0) is 14.3 Å². The van der Waals surface area contributed by atoms with Crippen molar-refractivity contribution in [2.75, 3.05) is 13.2 Å². The van der Waals surface area contributed by atoms with Crippen molar-refractivity contribution in [1.29, 1.82) is 0 Å². The van der Waals surface area contributed by atoms with Crippen LogP contribution >= 0.6 is 0 Å². The standard InChI is InChI=1S/C61H115NO5/c1-3-5-7-9-11-13-15-17-19-21-23-25-27-31-35-39-43-47-51-55-61(66)67-56-52-48-44-40-36-32-28-30-34-38-42-46-50-54-60(65)62-58(57-63)59(64)53-49-45-41-37-33-29-26-24-22-20-18-16-14-12-10-8-6-4-2/h11,13,17,19,30,34,58-59,63-64H,3-10,12,14-16,18,20-29,31-33,35-57H2,1-2H3,(H,62,65)/b13-11-,19-17-,34-30-. The summed E-state index contributed by atoms with van der Waals surface area (Å²) >= 11 is 0. The summed E-state index contributed by atoms with van der Waals surface area (Å²) in [4.78, 5) is 24.6. The van der Waals surface area contributed by atoms with E-state index in [4.69, 9.17) is 4.74 Å². The molecule has 394 valence electrons. The number of carbonyl (C=O) groups excluding carboxylic acids is 2. The van der Waals surface area contributed by atoms with Crippen LogP contribution in [0.1, 0.15) is 316 Å². The highest BCUT2D eigenvalue weighted by atomic mass is 16.5. The Morgan fingerprint density at radius 2 is 0.746 bits per heavy atom. The van der Waals surface area contributed by atoms with Crippen molar-refractivity contribution in [2.45, 2.75) is 328 Å². The van der Waals surface area contributed by atoms with E-state index in [0.717, 1.165) is 77.0 Å². The van der Waals surface area contributed by atoms with Crippen molar-refractivity contribution in [2.24, 2.45) is 0 Å². The van der Waals surface area contributed by atoms with Crippen LogP contribution in [0.15, 0.2) is 36.5 Å². The minimum Gasteiger partial charge on any atom is -0.466 e. The zero-order valence-corrected chi connectivity index (χ0v) is 44.9. The minimum atomic E-state index is -0.683. The van der Waals surface area contributed by atoms with Crippen LogP contribution in [0.5, 0.6) is 0 Å². The number of aliphatic hydroxyl groups excluding tert-OH is 2. The van der Waals surface area contributed by atoms with Crippen molar-refractivity contribution in [3.8, 4) is 0 Å². The fourth-order valence-electron chi connectivity index (χ4n) is 9.08. The lowest BCUT2D eigenvalue weighted by Gasteiger charge is -2.22. The van der Waals surface area contributed by atoms with Crippen LogP contribution < -0.4 is 5.32 Å². The number of unbranched alkanes of at least 4 members (excludes halogenated alkanes) is 38. The number of rotatable bonds is 55. The van der Waals surface area contributed by atoms with E-state index < -0.39 is 12.1 Å². The Balaban J connectivity index is 3.48. The van der Waals surface area contributed by atoms with Crippen molar-refractivity contribution in [1.82, 2.24) is 5.32 Å². The molecule has 0 aliphatic heterocycles. The van der Waals surface area contributed by atoms with Crippen LogP contribution in [-0.4, -0.2) is 47.4 Å². The van der Waals surface area contributed by atoms with Gasteiger partial charge in [0.25, 0.3) is 0 Å². The fraction of sp³-hybridized carbons (Fsp3) is 0.869. The molecule has 0 heterocycles. The Labute approximate surface area is 417 Å². The molecule has 0 rings (SSSR count). The number of nitrogens with one attached hydrogen (secondary N) is 1. The van der Waals surface area contributed by atoms with Crippen LogP contribution in [0.25, 0.3) is 0 Å². The van der Waals surface area contributed by atoms with Gasteiger partial charge in [0, 0.05) is 12.8 Å². The predicted octanol–water partition coefficient (Wildman–Crippen LogP) is 18.4. The molecule has 0 aromatic rings. The number of hydrogen-bond donors (Lipinski definition) is 3. The topological polar surface area (TPSA) is 95.9 Å². The highest BCUT2D eigenvalue weighted by Crippen LogP contribution is 2.17. The number of hydrogen-bond acceptors (Lipinski definition) is 5. The first-order valence-corrected chi connectivity index (χ1v) is 29.7. The second-order valence-electron chi connectivity index (χ2n) is 20.3. The average molecular weight is 943 g/mol. The van der Waals surface area contributed by atoms with Crippen molar-refractivity contribution in [3.05, 3.63) is 36.5 Å². The molecule has 3 N–H and O–H groups in total. The number of carbonyl (C=O) groups is 2. The first-order valence-electron chi connectivity index (χ1n) is 29.7. The number of allylic oxidation sites excluding steroid dienone is 6. The van der Waals surface area contributed by atoms with E-state index in [9.17, 15) is 19.8 Å². The molecule has 6 heteroatoms. The maximum atomic E-state index is 12.5. The third-order valence-corrected chi connectivity index (χ3v) is 13.7. The zero-order chi connectivity index (χ0) is 48.6. The van der Waals surface area contributed by atoms with E-state index in [2.05, 4.69) is 55.6 Å². The summed E-state index contributed by atoms with van der Waals surface area (Å²) in [5.74, 6) is -0.0794. The average Bonchev–Trinajstić information content (AvgIpc) is 3.33. The van der Waals surface area contributed by atoms with Gasteiger partial charge < -0.3 is 20.3 Å². The molecule has 6 nitrogen and oxygen atoms in total. The van der Waals surface area contributed by atoms with Gasteiger partial charge in [-0.1, -0.05) is 256 Å². The smallest absolute Gasteiger partial charge is 0.305 e. The molecular formula is C61H115NO5. The second-order valence-corrected chi connectivity index (χ2v) is 20.3. The summed E-state index contributed by atoms with van der Waals surface area (Å²) in [6.45, 7) is 4.90. The Bertz CT molecular complexity index is 1090. The van der Waals surface area contributed by atoms with Gasteiger partial charge in [-0.2, -0.15) is 0 Å². The molecular weight excluding hydrogens is 827 g/mol. The molecule has 0 spiro atoms. The molecule has 0 radical (unpaired) electrons. The normalized spacial score (nSPS) is 12.8. The van der Waals surface area contributed by atoms with Gasteiger partial charge in [0.05, 0.1) is 25.4 Å². The lowest BCUT2D eigenvalue weighted by atomic mass is 10.0. The quantitative estimate of drug-likeness (QED) is 0.0321. The Kier molecular flexibility index (Phi) is 55.0. The lowest BCUT2D eigenvalue weighted by Crippen LogP contribution is -2.45. The van der Waals surface area contributed by atoms with Crippen LogP contribution in [0.4, 0.5) is 0 Å². The maximum absolute atomic E-state index is 12.5. The van der Waals surface area contributed by atoms with Crippen LogP contribution in [0.3, 0.4) is 0 Å². The summed E-state index contributed by atoms with van der Waals surface area (Å²) in [5, 5.41) is 23.3. The molecule has 0 saturated heterocycles. The van der Waals surface area contributed by atoms with Crippen LogP contribution in [0, 0.1) is 0 Å². The van der Waals surface area contributed by atoms with Gasteiger partial charge in [0.1, 0.15) is 0 Å². The monoisotopic (exact) mass is 942 g/mol. The van der Waals surface area contributed by atoms with E-state index in [1.165, 1.54) is 205 Å². The number of amides is 1. The third kappa shape index (κ3) is 53.3. The number of aliphatic hydroxyl groups is 2. The van der Waals surface area contributed by atoms with Gasteiger partial charge in [0.15, 0.2) is 0 Å². The van der Waals surface area contributed by atoms with E-state index in [-0.39, 0.29) is 18.5 Å². The van der Waals surface area contributed by atoms with Crippen LogP contribution in [0.2, 0.25) is 0 Å². The highest BCUT2D eigenvalue weighted by Gasteiger charge is 2.20. The molecule has 2 atom stereocenters. The molecule has 0 bridgehead atoms. The van der Waals surface area contributed by atoms with E-state index in [1.807, 2.05) is 0 Å². The second kappa shape index (κ2) is 56.7. The Morgan fingerprint density at radius 1 is 0.418 bits per heavy atom. The van der Waals surface area contributed by atoms with Crippen molar-refractivity contribution >= 4 is 11.9 Å². The lowest BCUT2D eigenvalue weighted by molar-refractivity contribution is -0.143. The molecule has 2 unspecified atom stereocenters. The van der Waals surface area contributed by atoms with Gasteiger partial charge in [-0.3, -0.25) is 9.59 Å². The van der Waals surface area contributed by atoms with Gasteiger partial charge >= 0.3 is 5.97 Å². The van der Waals surface area contributed by atoms with E-state index in [1.54, 1.807) is 0 Å². The van der Waals surface area contributed by atoms with Crippen molar-refractivity contribution in [3.63, 3.8) is 0 Å². The molecule has 0 aliphatic rings. The molecule has 0 aromatic carbocycles. The number of ether oxygens (including phenoxy) is 1. The zero-order valence-electron chi connectivity index (χ0n) is 44.9. The molecule has 0 aliphatic carbocycles. The highest BCUT2D eigenvalue weighted by molar-refractivity contribution is 5.76. The third-order valence-electron chi connectivity index (χ3n) is 13.7. The number of esters is 1. The van der Waals surface area contributed by atoms with E-state index >= 15 is 0 Å². The van der Waals surface area contributed by atoms with Gasteiger partial charge in [0.2, 0.25) is 5.91 Å². The minimum absolute atomic E-state index is 0.0160. The SMILES string of the molecule is CCCCC/C=C\C/C=C\CCCCCCCCCCCC(=O)OCCCCCCCC/C=C\CCCCCC(=O)NC(CO)C(O)CCCCCCCCCCCCCCCCCCCC. The van der Waals surface area contributed by atoms with Crippen molar-refractivity contribution < 1.29 is 24.5 Å².